The van der Waals surface area contributed by atoms with Crippen LogP contribution in [-0.4, -0.2) is 59.3 Å². The van der Waals surface area contributed by atoms with Crippen LogP contribution >= 0.6 is 0 Å². The van der Waals surface area contributed by atoms with E-state index < -0.39 is 0 Å². The number of aliphatic hydroxyl groups excluding tert-OH is 1. The van der Waals surface area contributed by atoms with Crippen molar-refractivity contribution < 1.29 is 5.11 Å². The number of nitrogen functional groups attached to an aromatic ring is 1. The average molecular weight is 276 g/mol. The number of nitriles is 1. The maximum atomic E-state index is 8.81. The quantitative estimate of drug-likeness (QED) is 0.719. The van der Waals surface area contributed by atoms with Gasteiger partial charge in [-0.25, -0.2) is 4.98 Å². The molecule has 7 heteroatoms. The third kappa shape index (κ3) is 3.56. The van der Waals surface area contributed by atoms with Gasteiger partial charge < -0.3 is 15.7 Å². The van der Waals surface area contributed by atoms with E-state index in [2.05, 4.69) is 19.8 Å². The van der Waals surface area contributed by atoms with Crippen molar-refractivity contribution in [2.45, 2.75) is 12.8 Å². The minimum Gasteiger partial charge on any atom is -0.396 e. The van der Waals surface area contributed by atoms with Gasteiger partial charge in [0.2, 0.25) is 5.95 Å². The summed E-state index contributed by atoms with van der Waals surface area (Å²) in [5.74, 6) is 0.833. The zero-order valence-electron chi connectivity index (χ0n) is 11.5. The van der Waals surface area contributed by atoms with E-state index in [0.717, 1.165) is 45.6 Å². The van der Waals surface area contributed by atoms with Crippen LogP contribution in [0.4, 0.5) is 11.8 Å². The highest BCUT2D eigenvalue weighted by atomic mass is 16.2. The zero-order chi connectivity index (χ0) is 14.4. The van der Waals surface area contributed by atoms with Gasteiger partial charge in [-0.2, -0.15) is 10.2 Å². The highest BCUT2D eigenvalue weighted by molar-refractivity contribution is 5.50. The zero-order valence-corrected chi connectivity index (χ0v) is 11.5. The van der Waals surface area contributed by atoms with E-state index >= 15 is 0 Å². The minimum atomic E-state index is 0.239. The van der Waals surface area contributed by atoms with Gasteiger partial charge in [-0.3, -0.25) is 4.90 Å². The molecule has 108 valence electrons. The molecule has 0 amide bonds. The number of hydrogen-bond donors (Lipinski definition) is 2. The van der Waals surface area contributed by atoms with Gasteiger partial charge in [0.1, 0.15) is 17.5 Å². The molecule has 1 saturated heterocycles. The Morgan fingerprint density at radius 2 is 2.05 bits per heavy atom. The molecule has 7 nitrogen and oxygen atoms in total. The maximum Gasteiger partial charge on any atom is 0.227 e. The van der Waals surface area contributed by atoms with Crippen molar-refractivity contribution in [3.8, 4) is 6.07 Å². The average Bonchev–Trinajstić information content (AvgIpc) is 2.48. The minimum absolute atomic E-state index is 0.239. The van der Waals surface area contributed by atoms with Crippen LogP contribution < -0.4 is 10.6 Å². The van der Waals surface area contributed by atoms with Crippen molar-refractivity contribution in [2.24, 2.45) is 0 Å². The Bertz CT molecular complexity index is 478. The normalized spacial score (nSPS) is 16.1. The van der Waals surface area contributed by atoms with Gasteiger partial charge in [-0.1, -0.05) is 0 Å². The lowest BCUT2D eigenvalue weighted by molar-refractivity contribution is 0.232. The molecule has 0 spiro atoms. The van der Waals surface area contributed by atoms with E-state index in [1.807, 2.05) is 6.07 Å². The van der Waals surface area contributed by atoms with Gasteiger partial charge in [-0.15, -0.1) is 0 Å². The maximum absolute atomic E-state index is 8.81. The molecule has 0 aliphatic carbocycles. The molecule has 0 bridgehead atoms. The lowest BCUT2D eigenvalue weighted by atomic mass is 10.2. The van der Waals surface area contributed by atoms with Crippen LogP contribution in [0.1, 0.15) is 18.4 Å². The number of nitrogens with zero attached hydrogens (tertiary/aromatic N) is 5. The predicted octanol–water partition coefficient (Wildman–Crippen LogP) is -0.175. The van der Waals surface area contributed by atoms with E-state index in [-0.39, 0.29) is 12.4 Å². The van der Waals surface area contributed by atoms with E-state index in [1.54, 1.807) is 0 Å². The first kappa shape index (κ1) is 14.5. The highest BCUT2D eigenvalue weighted by Crippen LogP contribution is 2.15. The van der Waals surface area contributed by atoms with Crippen molar-refractivity contribution in [1.29, 1.82) is 5.26 Å². The third-order valence-corrected chi connectivity index (χ3v) is 3.46. The molecule has 2 heterocycles. The lowest BCUT2D eigenvalue weighted by Gasteiger charge is -2.34. The predicted molar refractivity (Wildman–Crippen MR) is 76.1 cm³/mol. The van der Waals surface area contributed by atoms with Crippen molar-refractivity contribution in [3.05, 3.63) is 11.8 Å². The number of hydrogen-bond acceptors (Lipinski definition) is 7. The van der Waals surface area contributed by atoms with Crippen LogP contribution in [0.2, 0.25) is 0 Å². The number of aliphatic hydroxyl groups is 1. The fourth-order valence-corrected chi connectivity index (χ4v) is 2.24. The monoisotopic (exact) mass is 276 g/mol. The van der Waals surface area contributed by atoms with Crippen LogP contribution in [0.15, 0.2) is 6.20 Å². The van der Waals surface area contributed by atoms with Gasteiger partial charge >= 0.3 is 0 Å². The van der Waals surface area contributed by atoms with Crippen LogP contribution in [0, 0.1) is 11.3 Å². The molecule has 1 fully saturated rings. The van der Waals surface area contributed by atoms with Crippen molar-refractivity contribution in [1.82, 2.24) is 14.9 Å². The Morgan fingerprint density at radius 1 is 1.30 bits per heavy atom. The Labute approximate surface area is 118 Å². The summed E-state index contributed by atoms with van der Waals surface area (Å²) in [5, 5.41) is 17.6. The molecule has 0 atom stereocenters. The molecule has 1 aromatic heterocycles. The number of anilines is 2. The summed E-state index contributed by atoms with van der Waals surface area (Å²) in [7, 11) is 0. The molecule has 1 aliphatic heterocycles. The summed E-state index contributed by atoms with van der Waals surface area (Å²) >= 11 is 0. The first-order chi connectivity index (χ1) is 9.74. The standard InChI is InChI=1S/C13H20N6O/c14-9-11-10-16-13(17-12(11)15)19-6-4-18(5-7-19)3-1-2-8-20/h10,20H,1-8H2,(H2,15,16,17). The Hall–Kier alpha value is -1.91. The second-order valence-corrected chi connectivity index (χ2v) is 4.84. The largest absolute Gasteiger partial charge is 0.396 e. The number of aromatic nitrogens is 2. The molecule has 0 radical (unpaired) electrons. The first-order valence-electron chi connectivity index (χ1n) is 6.85. The van der Waals surface area contributed by atoms with Gasteiger partial charge in [-0.05, 0) is 19.4 Å². The second-order valence-electron chi connectivity index (χ2n) is 4.84. The Balaban J connectivity index is 1.87. The van der Waals surface area contributed by atoms with Crippen molar-refractivity contribution in [3.63, 3.8) is 0 Å². The number of unbranched alkanes of at least 4 members (excludes halogenated alkanes) is 1. The molecule has 20 heavy (non-hydrogen) atoms. The number of nitrogens with two attached hydrogens (primary N) is 1. The molecule has 2 rings (SSSR count). The van der Waals surface area contributed by atoms with Gasteiger partial charge in [0.25, 0.3) is 0 Å². The summed E-state index contributed by atoms with van der Waals surface area (Å²) in [6.07, 6.45) is 3.36. The highest BCUT2D eigenvalue weighted by Gasteiger charge is 2.19. The van der Waals surface area contributed by atoms with E-state index in [1.165, 1.54) is 6.20 Å². The molecular weight excluding hydrogens is 256 g/mol. The number of piperazine rings is 1. The summed E-state index contributed by atoms with van der Waals surface area (Å²) in [5.41, 5.74) is 6.03. The molecule has 0 aromatic carbocycles. The van der Waals surface area contributed by atoms with Crippen LogP contribution in [0.5, 0.6) is 0 Å². The lowest BCUT2D eigenvalue weighted by Crippen LogP contribution is -2.47. The van der Waals surface area contributed by atoms with E-state index in [9.17, 15) is 0 Å². The second kappa shape index (κ2) is 7.03. The smallest absolute Gasteiger partial charge is 0.227 e. The van der Waals surface area contributed by atoms with E-state index in [0.29, 0.717) is 11.5 Å². The molecular formula is C13H20N6O. The Kier molecular flexibility index (Phi) is 5.09. The Morgan fingerprint density at radius 3 is 2.65 bits per heavy atom. The van der Waals surface area contributed by atoms with Crippen molar-refractivity contribution >= 4 is 11.8 Å². The summed E-state index contributed by atoms with van der Waals surface area (Å²) in [6, 6.07) is 1.96. The summed E-state index contributed by atoms with van der Waals surface area (Å²) in [4.78, 5) is 12.8. The topological polar surface area (TPSA) is 102 Å². The molecule has 1 aromatic rings. The summed E-state index contributed by atoms with van der Waals surface area (Å²) < 4.78 is 0. The molecule has 0 unspecified atom stereocenters. The van der Waals surface area contributed by atoms with Crippen LogP contribution in [0.25, 0.3) is 0 Å². The fourth-order valence-electron chi connectivity index (χ4n) is 2.24. The fraction of sp³-hybridized carbons (Fsp3) is 0.615. The molecule has 0 saturated carbocycles. The van der Waals surface area contributed by atoms with Gasteiger partial charge in [0, 0.05) is 32.8 Å². The van der Waals surface area contributed by atoms with Gasteiger partial charge in [0.15, 0.2) is 0 Å². The molecule has 1 aliphatic rings. The van der Waals surface area contributed by atoms with E-state index in [4.69, 9.17) is 16.1 Å². The molecule has 3 N–H and O–H groups in total. The number of rotatable bonds is 5. The third-order valence-electron chi connectivity index (χ3n) is 3.46. The van der Waals surface area contributed by atoms with Gasteiger partial charge in [0.05, 0.1) is 6.20 Å². The summed E-state index contributed by atoms with van der Waals surface area (Å²) in [6.45, 7) is 4.89. The van der Waals surface area contributed by atoms with Crippen LogP contribution in [0.3, 0.4) is 0 Å². The SMILES string of the molecule is N#Cc1cnc(N2CCN(CCCCO)CC2)nc1N. The first-order valence-corrected chi connectivity index (χ1v) is 6.85. The van der Waals surface area contributed by atoms with Crippen LogP contribution in [-0.2, 0) is 0 Å². The van der Waals surface area contributed by atoms with Crippen molar-refractivity contribution in [2.75, 3.05) is 50.0 Å².